The molecule has 1 aliphatic heterocycles. The van der Waals surface area contributed by atoms with Crippen molar-refractivity contribution < 1.29 is 19.0 Å². The standard InChI is InChI=1S/C25H34O4/c1-4-10-24-12-13-25(27-14-15-28-25)16-18(24)5-6-19-20-7-8-22(29-17(2)26)23(20,3)11-9-21(19)24/h1,5,19-22H,6-16H2,2-3H3/t19-,20-,21-,22?,23-,24-/m0/s1. The number of esters is 1. The Morgan fingerprint density at radius 1 is 1.21 bits per heavy atom. The molecule has 0 aromatic heterocycles. The summed E-state index contributed by atoms with van der Waals surface area (Å²) in [5, 5.41) is 0. The molecule has 1 heterocycles. The Morgan fingerprint density at radius 2 is 2.00 bits per heavy atom. The predicted octanol–water partition coefficient (Wildman–Crippen LogP) is 4.63. The van der Waals surface area contributed by atoms with Gasteiger partial charge in [0.15, 0.2) is 5.79 Å². The van der Waals surface area contributed by atoms with E-state index in [1.807, 2.05) is 0 Å². The first-order chi connectivity index (χ1) is 13.9. The number of hydrogen-bond donors (Lipinski definition) is 0. The molecule has 4 nitrogen and oxygen atoms in total. The van der Waals surface area contributed by atoms with Crippen LogP contribution in [0.5, 0.6) is 0 Å². The van der Waals surface area contributed by atoms with Gasteiger partial charge >= 0.3 is 5.97 Å². The Bertz CT molecular complexity index is 757. The summed E-state index contributed by atoms with van der Waals surface area (Å²) < 4.78 is 17.9. The number of rotatable bonds is 2. The van der Waals surface area contributed by atoms with Crippen molar-refractivity contribution in [1.82, 2.24) is 0 Å². The number of fused-ring (bicyclic) bond motifs is 5. The molecule has 0 aromatic rings. The van der Waals surface area contributed by atoms with E-state index in [9.17, 15) is 4.79 Å². The van der Waals surface area contributed by atoms with E-state index in [0.29, 0.717) is 31.0 Å². The summed E-state index contributed by atoms with van der Waals surface area (Å²) in [6.07, 6.45) is 17.9. The van der Waals surface area contributed by atoms with Gasteiger partial charge in [0.2, 0.25) is 0 Å². The van der Waals surface area contributed by atoms with Gasteiger partial charge in [0.05, 0.1) is 13.2 Å². The van der Waals surface area contributed by atoms with Crippen LogP contribution in [0.15, 0.2) is 11.6 Å². The van der Waals surface area contributed by atoms with Crippen molar-refractivity contribution in [2.24, 2.45) is 28.6 Å². The summed E-state index contributed by atoms with van der Waals surface area (Å²) in [5.41, 5.74) is 1.73. The molecule has 0 aromatic carbocycles. The minimum absolute atomic E-state index is 0.0785. The maximum Gasteiger partial charge on any atom is 0.302 e. The van der Waals surface area contributed by atoms with E-state index in [4.69, 9.17) is 20.6 Å². The highest BCUT2D eigenvalue weighted by molar-refractivity contribution is 5.66. The van der Waals surface area contributed by atoms with Crippen LogP contribution >= 0.6 is 0 Å². The molecule has 6 atom stereocenters. The Kier molecular flexibility index (Phi) is 4.64. The zero-order chi connectivity index (χ0) is 20.3. The van der Waals surface area contributed by atoms with Crippen molar-refractivity contribution >= 4 is 5.97 Å². The lowest BCUT2D eigenvalue weighted by Crippen LogP contribution is -2.54. The monoisotopic (exact) mass is 398 g/mol. The van der Waals surface area contributed by atoms with Crippen LogP contribution in [0.25, 0.3) is 0 Å². The molecule has 1 saturated heterocycles. The number of carbonyl (C=O) groups excluding carboxylic acids is 1. The minimum atomic E-state index is -0.395. The molecule has 3 saturated carbocycles. The highest BCUT2D eigenvalue weighted by Crippen LogP contribution is 2.67. The first kappa shape index (κ1) is 19.6. The molecule has 1 unspecified atom stereocenters. The summed E-state index contributed by atoms with van der Waals surface area (Å²) in [4.78, 5) is 11.7. The van der Waals surface area contributed by atoms with E-state index in [0.717, 1.165) is 44.9 Å². The molecule has 158 valence electrons. The smallest absolute Gasteiger partial charge is 0.302 e. The van der Waals surface area contributed by atoms with Gasteiger partial charge in [-0.25, -0.2) is 0 Å². The van der Waals surface area contributed by atoms with Crippen LogP contribution in [0.4, 0.5) is 0 Å². The fraction of sp³-hybridized carbons (Fsp3) is 0.800. The Labute approximate surface area is 174 Å². The van der Waals surface area contributed by atoms with Gasteiger partial charge in [-0.2, -0.15) is 0 Å². The quantitative estimate of drug-likeness (QED) is 0.387. The molecular weight excluding hydrogens is 364 g/mol. The lowest BCUT2D eigenvalue weighted by molar-refractivity contribution is -0.187. The third-order valence-corrected chi connectivity index (χ3v) is 9.29. The lowest BCUT2D eigenvalue weighted by atomic mass is 9.46. The topological polar surface area (TPSA) is 44.8 Å². The maximum absolute atomic E-state index is 11.7. The van der Waals surface area contributed by atoms with Crippen molar-refractivity contribution in [1.29, 1.82) is 0 Å². The third kappa shape index (κ3) is 2.84. The molecule has 4 fully saturated rings. The van der Waals surface area contributed by atoms with Gasteiger partial charge in [0.1, 0.15) is 6.10 Å². The molecule has 0 amide bonds. The van der Waals surface area contributed by atoms with E-state index in [2.05, 4.69) is 18.9 Å². The second-order valence-electron chi connectivity index (χ2n) is 10.4. The van der Waals surface area contributed by atoms with Gasteiger partial charge in [-0.05, 0) is 56.3 Å². The third-order valence-electron chi connectivity index (χ3n) is 9.29. The molecule has 4 heteroatoms. The van der Waals surface area contributed by atoms with Gasteiger partial charge in [-0.15, -0.1) is 12.3 Å². The molecule has 0 radical (unpaired) electrons. The Morgan fingerprint density at radius 3 is 2.72 bits per heavy atom. The molecule has 5 rings (SSSR count). The molecule has 1 spiro atoms. The second-order valence-corrected chi connectivity index (χ2v) is 10.4. The number of hydrogen-bond acceptors (Lipinski definition) is 4. The number of allylic oxidation sites excluding steroid dienone is 1. The largest absolute Gasteiger partial charge is 0.462 e. The summed E-state index contributed by atoms with van der Waals surface area (Å²) >= 11 is 0. The summed E-state index contributed by atoms with van der Waals surface area (Å²) in [5.74, 6) is 4.41. The van der Waals surface area contributed by atoms with Crippen molar-refractivity contribution in [2.45, 2.75) is 83.5 Å². The highest BCUT2D eigenvalue weighted by atomic mass is 16.7. The molecule has 0 bridgehead atoms. The summed E-state index contributed by atoms with van der Waals surface area (Å²) in [6.45, 7) is 5.33. The fourth-order valence-corrected chi connectivity index (χ4v) is 8.01. The average molecular weight is 399 g/mol. The van der Waals surface area contributed by atoms with Crippen LogP contribution < -0.4 is 0 Å². The number of terminal acetylenes is 1. The zero-order valence-corrected chi connectivity index (χ0v) is 17.9. The van der Waals surface area contributed by atoms with Crippen molar-refractivity contribution in [2.75, 3.05) is 13.2 Å². The van der Waals surface area contributed by atoms with Crippen LogP contribution in [0, 0.1) is 40.9 Å². The van der Waals surface area contributed by atoms with Gasteiger partial charge in [-0.1, -0.05) is 18.6 Å². The van der Waals surface area contributed by atoms with Crippen molar-refractivity contribution in [3.05, 3.63) is 11.6 Å². The van der Waals surface area contributed by atoms with E-state index in [1.54, 1.807) is 6.92 Å². The maximum atomic E-state index is 11.7. The van der Waals surface area contributed by atoms with Crippen LogP contribution in [0.3, 0.4) is 0 Å². The minimum Gasteiger partial charge on any atom is -0.462 e. The van der Waals surface area contributed by atoms with Gasteiger partial charge in [0.25, 0.3) is 0 Å². The van der Waals surface area contributed by atoms with E-state index >= 15 is 0 Å². The van der Waals surface area contributed by atoms with Gasteiger partial charge in [-0.3, -0.25) is 4.79 Å². The highest BCUT2D eigenvalue weighted by Gasteiger charge is 2.62. The molecule has 29 heavy (non-hydrogen) atoms. The average Bonchev–Trinajstić information content (AvgIpc) is 3.27. The number of ether oxygens (including phenoxy) is 3. The molecule has 4 aliphatic carbocycles. The molecule has 5 aliphatic rings. The van der Waals surface area contributed by atoms with Crippen molar-refractivity contribution in [3.63, 3.8) is 0 Å². The first-order valence-electron chi connectivity index (χ1n) is 11.5. The Hall–Kier alpha value is -1.31. The molecular formula is C25H34O4. The fourth-order valence-electron chi connectivity index (χ4n) is 8.01. The van der Waals surface area contributed by atoms with Crippen LogP contribution in [0.1, 0.15) is 71.6 Å². The van der Waals surface area contributed by atoms with E-state index in [-0.39, 0.29) is 22.9 Å². The molecule has 0 N–H and O–H groups in total. The predicted molar refractivity (Wildman–Crippen MR) is 110 cm³/mol. The van der Waals surface area contributed by atoms with Crippen LogP contribution in [-0.2, 0) is 19.0 Å². The van der Waals surface area contributed by atoms with Crippen LogP contribution in [0.2, 0.25) is 0 Å². The SMILES string of the molecule is C#CC[C@]12CCC3(CC1=CC[C@@H]1[C@@H]2CC[C@]2(C)C(OC(C)=O)CC[C@@H]12)OCCO3. The normalized spacial score (nSPS) is 44.9. The summed E-state index contributed by atoms with van der Waals surface area (Å²) in [6, 6.07) is 0. The van der Waals surface area contributed by atoms with E-state index in [1.165, 1.54) is 18.4 Å². The van der Waals surface area contributed by atoms with Crippen molar-refractivity contribution in [3.8, 4) is 12.3 Å². The second kappa shape index (κ2) is 6.86. The Balaban J connectivity index is 1.46. The van der Waals surface area contributed by atoms with E-state index < -0.39 is 5.79 Å². The lowest BCUT2D eigenvalue weighted by Gasteiger charge is -2.59. The first-order valence-corrected chi connectivity index (χ1v) is 11.5. The van der Waals surface area contributed by atoms with Gasteiger partial charge in [0, 0.05) is 37.0 Å². The van der Waals surface area contributed by atoms with Gasteiger partial charge < -0.3 is 14.2 Å². The van der Waals surface area contributed by atoms with Crippen LogP contribution in [-0.4, -0.2) is 31.1 Å². The summed E-state index contributed by atoms with van der Waals surface area (Å²) in [7, 11) is 0. The number of carbonyl (C=O) groups is 1. The zero-order valence-electron chi connectivity index (χ0n) is 17.9.